The lowest BCUT2D eigenvalue weighted by Gasteiger charge is -2.27. The van der Waals surface area contributed by atoms with Crippen molar-refractivity contribution >= 4 is 50.7 Å². The average Bonchev–Trinajstić information content (AvgIpc) is 3.31. The number of carboxylic acid groups (broad SMARTS) is 1. The Labute approximate surface area is 199 Å². The summed E-state index contributed by atoms with van der Waals surface area (Å²) in [6.45, 7) is 0. The van der Waals surface area contributed by atoms with Crippen LogP contribution in [0.1, 0.15) is 6.42 Å². The van der Waals surface area contributed by atoms with Crippen LogP contribution >= 0.6 is 34.9 Å². The molecule has 0 spiro atoms. The van der Waals surface area contributed by atoms with Gasteiger partial charge in [0.1, 0.15) is 4.34 Å². The molecule has 3 aromatic rings. The Hall–Kier alpha value is -1.89. The van der Waals surface area contributed by atoms with Crippen LogP contribution in [0.3, 0.4) is 0 Å². The number of hydrogen-bond donors (Lipinski definition) is 3. The Bertz CT molecular complexity index is 1150. The molecule has 0 aliphatic carbocycles. The first-order chi connectivity index (χ1) is 15.2. The highest BCUT2D eigenvalue weighted by atomic mass is 32.2. The van der Waals surface area contributed by atoms with E-state index < -0.39 is 33.2 Å². The fraction of sp³-hybridized carbons (Fsp3) is 0.238. The molecule has 4 N–H and O–H groups in total. The summed E-state index contributed by atoms with van der Waals surface area (Å²) in [7, 11) is -4.48. The van der Waals surface area contributed by atoms with Crippen molar-refractivity contribution in [2.75, 3.05) is 12.0 Å². The first-order valence-corrected chi connectivity index (χ1v) is 14.0. The molecule has 1 heterocycles. The summed E-state index contributed by atoms with van der Waals surface area (Å²) in [6, 6.07) is 13.7. The van der Waals surface area contributed by atoms with Gasteiger partial charge < -0.3 is 15.9 Å². The van der Waals surface area contributed by atoms with E-state index in [0.717, 1.165) is 16.0 Å². The molecule has 3 rings (SSSR count). The monoisotopic (exact) mass is 510 g/mol. The van der Waals surface area contributed by atoms with Crippen molar-refractivity contribution in [1.29, 1.82) is 0 Å². The van der Waals surface area contributed by atoms with E-state index in [-0.39, 0.29) is 10.6 Å². The number of aliphatic carboxylic acids is 1. The lowest BCUT2D eigenvalue weighted by molar-refractivity contribution is -0.140. The summed E-state index contributed by atoms with van der Waals surface area (Å²) in [5.41, 5.74) is 7.60. The van der Waals surface area contributed by atoms with Crippen molar-refractivity contribution in [3.8, 4) is 11.1 Å². The van der Waals surface area contributed by atoms with Gasteiger partial charge in [-0.15, -0.1) is 23.1 Å². The second-order valence-corrected chi connectivity index (χ2v) is 12.2. The summed E-state index contributed by atoms with van der Waals surface area (Å²) in [6.07, 6.45) is 1.68. The van der Waals surface area contributed by atoms with E-state index in [9.17, 15) is 23.4 Å². The fourth-order valence-corrected chi connectivity index (χ4v) is 6.55. The molecule has 0 fully saturated rings. The number of thioether (sulfide) groups is 2. The number of carbonyl (C=O) groups is 1. The molecule has 0 bridgehead atoms. The van der Waals surface area contributed by atoms with Crippen LogP contribution in [0.25, 0.3) is 11.1 Å². The third kappa shape index (κ3) is 5.36. The molecule has 0 aliphatic heterocycles. The predicted molar refractivity (Wildman–Crippen MR) is 129 cm³/mol. The van der Waals surface area contributed by atoms with Gasteiger partial charge in [-0.1, -0.05) is 36.0 Å². The first-order valence-electron chi connectivity index (χ1n) is 9.39. The topological polar surface area (TPSA) is 131 Å². The molecule has 11 heteroatoms. The van der Waals surface area contributed by atoms with Gasteiger partial charge in [0.05, 0.1) is 11.0 Å². The molecule has 0 amide bonds. The van der Waals surface area contributed by atoms with Crippen LogP contribution in [0.5, 0.6) is 0 Å². The minimum absolute atomic E-state index is 0.0697. The molecule has 7 nitrogen and oxygen atoms in total. The van der Waals surface area contributed by atoms with Gasteiger partial charge in [0.15, 0.2) is 0 Å². The molecular formula is C21H22N2O5S4. The minimum atomic E-state index is -4.48. The van der Waals surface area contributed by atoms with Crippen molar-refractivity contribution < 1.29 is 23.4 Å². The predicted octanol–water partition coefficient (Wildman–Crippen LogP) is 3.59. The number of thiazole rings is 1. The summed E-state index contributed by atoms with van der Waals surface area (Å²) >= 11 is 4.19. The maximum Gasteiger partial charge on any atom is 0.340 e. The third-order valence-electron chi connectivity index (χ3n) is 4.78. The number of sulfone groups is 1. The van der Waals surface area contributed by atoms with Gasteiger partial charge in [-0.3, -0.25) is 0 Å². The molecule has 2 aromatic carbocycles. The number of nitrogens with zero attached hydrogens (tertiary/aromatic N) is 1. The zero-order chi connectivity index (χ0) is 23.4. The fourth-order valence-electron chi connectivity index (χ4n) is 2.99. The van der Waals surface area contributed by atoms with Gasteiger partial charge in [-0.25, -0.2) is 18.2 Å². The highest BCUT2D eigenvalue weighted by molar-refractivity contribution is 8.01. The molecule has 2 atom stereocenters. The lowest BCUT2D eigenvalue weighted by Crippen LogP contribution is -2.56. The van der Waals surface area contributed by atoms with Crippen molar-refractivity contribution in [1.82, 2.24) is 4.98 Å². The van der Waals surface area contributed by atoms with Crippen LogP contribution in [-0.4, -0.2) is 52.6 Å². The molecule has 170 valence electrons. The first kappa shape index (κ1) is 24.7. The third-order valence-corrected chi connectivity index (χ3v) is 9.82. The molecule has 32 heavy (non-hydrogen) atoms. The SMILES string of the molecule is CSc1ccc(-c2ccc(S(=O)(=O)C(N)(CC(O)CSc3nccs3)C(=O)O)cc2)cc1. The number of rotatable bonds is 10. The standard InChI is InChI=1S/C21H22N2O5S4/c1-29-17-6-2-14(3-7-17)15-4-8-18(9-5-15)32(27,28)21(22,19(25)26)12-16(24)13-31-20-23-10-11-30-20/h2-11,16,24H,12-13,22H2,1H3,(H,25,26). The number of aliphatic hydroxyl groups excluding tert-OH is 1. The second-order valence-electron chi connectivity index (χ2n) is 6.92. The van der Waals surface area contributed by atoms with E-state index >= 15 is 0 Å². The van der Waals surface area contributed by atoms with Crippen LogP contribution in [0.4, 0.5) is 0 Å². The zero-order valence-corrected chi connectivity index (χ0v) is 20.3. The van der Waals surface area contributed by atoms with E-state index in [0.29, 0.717) is 4.34 Å². The number of aromatic nitrogens is 1. The van der Waals surface area contributed by atoms with Crippen LogP contribution < -0.4 is 5.73 Å². The smallest absolute Gasteiger partial charge is 0.340 e. The van der Waals surface area contributed by atoms with Crippen molar-refractivity contribution in [2.45, 2.75) is 31.5 Å². The van der Waals surface area contributed by atoms with E-state index in [1.54, 1.807) is 35.5 Å². The summed E-state index contributed by atoms with van der Waals surface area (Å²) in [4.78, 5) is 14.2. The number of hydrogen-bond acceptors (Lipinski definition) is 9. The van der Waals surface area contributed by atoms with Crippen LogP contribution in [0.2, 0.25) is 0 Å². The molecule has 2 unspecified atom stereocenters. The zero-order valence-electron chi connectivity index (χ0n) is 17.0. The minimum Gasteiger partial charge on any atom is -0.479 e. The number of benzene rings is 2. The molecule has 0 aliphatic rings. The quantitative estimate of drug-likeness (QED) is 0.350. The number of carboxylic acids is 1. The Morgan fingerprint density at radius 1 is 1.16 bits per heavy atom. The lowest BCUT2D eigenvalue weighted by atomic mass is 10.1. The van der Waals surface area contributed by atoms with Gasteiger partial charge in [-0.05, 0) is 41.6 Å². The van der Waals surface area contributed by atoms with Crippen LogP contribution in [-0.2, 0) is 14.6 Å². The number of nitrogens with two attached hydrogens (primary N) is 1. The Morgan fingerprint density at radius 3 is 2.25 bits per heavy atom. The van der Waals surface area contributed by atoms with Gasteiger partial charge in [-0.2, -0.15) is 0 Å². The Kier molecular flexibility index (Phi) is 8.01. The van der Waals surface area contributed by atoms with Gasteiger partial charge in [0, 0.05) is 28.6 Å². The van der Waals surface area contributed by atoms with Crippen LogP contribution in [0, 0.1) is 0 Å². The highest BCUT2D eigenvalue weighted by Crippen LogP contribution is 2.31. The summed E-state index contributed by atoms with van der Waals surface area (Å²) in [5, 5.41) is 21.8. The van der Waals surface area contributed by atoms with Crippen molar-refractivity contribution in [3.63, 3.8) is 0 Å². The van der Waals surface area contributed by atoms with E-state index in [1.807, 2.05) is 30.5 Å². The van der Waals surface area contributed by atoms with E-state index in [2.05, 4.69) is 4.98 Å². The largest absolute Gasteiger partial charge is 0.479 e. The molecule has 0 radical (unpaired) electrons. The Balaban J connectivity index is 1.80. The number of aliphatic hydroxyl groups is 1. The maximum absolute atomic E-state index is 13.2. The van der Waals surface area contributed by atoms with Crippen LogP contribution in [0.15, 0.2) is 74.2 Å². The second kappa shape index (κ2) is 10.4. The van der Waals surface area contributed by atoms with E-state index in [1.165, 1.54) is 35.2 Å². The molecular weight excluding hydrogens is 489 g/mol. The van der Waals surface area contributed by atoms with Crippen molar-refractivity contribution in [3.05, 3.63) is 60.1 Å². The molecule has 1 aromatic heterocycles. The Morgan fingerprint density at radius 2 is 1.75 bits per heavy atom. The normalized spacial score (nSPS) is 14.6. The highest BCUT2D eigenvalue weighted by Gasteiger charge is 2.49. The summed E-state index contributed by atoms with van der Waals surface area (Å²) in [5.74, 6) is -1.65. The average molecular weight is 511 g/mol. The van der Waals surface area contributed by atoms with Gasteiger partial charge >= 0.3 is 5.97 Å². The maximum atomic E-state index is 13.2. The molecule has 0 saturated carbocycles. The van der Waals surface area contributed by atoms with Gasteiger partial charge in [0.2, 0.25) is 14.7 Å². The van der Waals surface area contributed by atoms with Crippen molar-refractivity contribution in [2.24, 2.45) is 5.73 Å². The summed E-state index contributed by atoms with van der Waals surface area (Å²) < 4.78 is 27.0. The van der Waals surface area contributed by atoms with Gasteiger partial charge in [0.25, 0.3) is 0 Å². The van der Waals surface area contributed by atoms with E-state index in [4.69, 9.17) is 5.73 Å². The molecule has 0 saturated heterocycles.